The highest BCUT2D eigenvalue weighted by Crippen LogP contribution is 2.13. The van der Waals surface area contributed by atoms with E-state index in [4.69, 9.17) is 29.2 Å². The molecule has 0 unspecified atom stereocenters. The molecular weight excluding hydrogens is 400 g/mol. The normalized spacial score (nSPS) is 10.9. The molecule has 0 atom stereocenters. The Kier molecular flexibility index (Phi) is 9.31. The average Bonchev–Trinajstić information content (AvgIpc) is 2.71. The molecule has 0 aliphatic rings. The first-order chi connectivity index (χ1) is 13.9. The van der Waals surface area contributed by atoms with Crippen molar-refractivity contribution < 1.29 is 4.74 Å². The topological polar surface area (TPSA) is 48.6 Å². The summed E-state index contributed by atoms with van der Waals surface area (Å²) in [5, 5.41) is 11.0. The highest BCUT2D eigenvalue weighted by Gasteiger charge is 2.22. The summed E-state index contributed by atoms with van der Waals surface area (Å²) in [5.74, 6) is 0. The number of nitrogens with zero attached hydrogens (tertiary/aromatic N) is 1. The predicted molar refractivity (Wildman–Crippen MR) is 131 cm³/mol. The van der Waals surface area contributed by atoms with Crippen LogP contribution in [0.25, 0.3) is 0 Å². The van der Waals surface area contributed by atoms with E-state index in [0.717, 1.165) is 30.9 Å². The van der Waals surface area contributed by atoms with Crippen LogP contribution in [0.5, 0.6) is 0 Å². The Morgan fingerprint density at radius 3 is 2.03 bits per heavy atom. The Hall–Kier alpha value is -2.22. The summed E-state index contributed by atoms with van der Waals surface area (Å²) < 4.78 is 5.60. The first kappa shape index (κ1) is 23.1. The van der Waals surface area contributed by atoms with E-state index < -0.39 is 0 Å². The average molecular weight is 431 g/mol. The number of ether oxygens (including phenoxy) is 1. The van der Waals surface area contributed by atoms with Gasteiger partial charge in [-0.05, 0) is 69.0 Å². The fraction of sp³-hybridized carbons (Fsp3) is 0.364. The van der Waals surface area contributed by atoms with Crippen molar-refractivity contribution in [3.8, 4) is 0 Å². The predicted octanol–water partition coefficient (Wildman–Crippen LogP) is 4.49. The minimum Gasteiger partial charge on any atom is -0.377 e. The van der Waals surface area contributed by atoms with E-state index in [1.54, 1.807) is 7.11 Å². The van der Waals surface area contributed by atoms with Gasteiger partial charge in [0.15, 0.2) is 10.2 Å². The quantitative estimate of drug-likeness (QED) is 0.400. The van der Waals surface area contributed by atoms with Gasteiger partial charge in [0.25, 0.3) is 0 Å². The molecule has 0 bridgehead atoms. The van der Waals surface area contributed by atoms with Crippen LogP contribution in [0.2, 0.25) is 0 Å². The standard InChI is InChI=1S/C22H30N4OS2/c1-22(2,27-3)17-26(21(29)25-19-13-8-5-9-14-19)16-10-15-23-20(28)24-18-11-6-4-7-12-18/h4-9,11-14H,10,15-17H2,1-3H3,(H,25,29)(H2,23,24,28). The van der Waals surface area contributed by atoms with Crippen LogP contribution in [0.1, 0.15) is 20.3 Å². The van der Waals surface area contributed by atoms with Crippen LogP contribution in [0.3, 0.4) is 0 Å². The molecule has 156 valence electrons. The zero-order valence-corrected chi connectivity index (χ0v) is 18.9. The van der Waals surface area contributed by atoms with Crippen LogP contribution in [0.15, 0.2) is 60.7 Å². The third kappa shape index (κ3) is 8.77. The molecule has 5 nitrogen and oxygen atoms in total. The van der Waals surface area contributed by atoms with E-state index in [1.807, 2.05) is 60.7 Å². The van der Waals surface area contributed by atoms with Gasteiger partial charge in [0, 0.05) is 38.1 Å². The van der Waals surface area contributed by atoms with Crippen molar-refractivity contribution in [2.45, 2.75) is 25.9 Å². The molecule has 0 saturated carbocycles. The molecule has 2 aromatic rings. The van der Waals surface area contributed by atoms with Crippen LogP contribution in [0.4, 0.5) is 11.4 Å². The second-order valence-corrected chi connectivity index (χ2v) is 8.08. The van der Waals surface area contributed by atoms with Gasteiger partial charge >= 0.3 is 0 Å². The zero-order chi connectivity index (χ0) is 21.1. The van der Waals surface area contributed by atoms with Gasteiger partial charge in [-0.25, -0.2) is 0 Å². The maximum atomic E-state index is 5.66. The van der Waals surface area contributed by atoms with Crippen molar-refractivity contribution in [2.75, 3.05) is 37.4 Å². The summed E-state index contributed by atoms with van der Waals surface area (Å²) >= 11 is 11.0. The minimum absolute atomic E-state index is 0.306. The fourth-order valence-corrected chi connectivity index (χ4v) is 3.16. The lowest BCUT2D eigenvalue weighted by Crippen LogP contribution is -2.46. The van der Waals surface area contributed by atoms with E-state index in [1.165, 1.54) is 0 Å². The van der Waals surface area contributed by atoms with E-state index >= 15 is 0 Å². The maximum absolute atomic E-state index is 5.66. The number of nitrogens with one attached hydrogen (secondary N) is 3. The third-order valence-corrected chi connectivity index (χ3v) is 4.97. The number of methoxy groups -OCH3 is 1. The Labute approximate surface area is 184 Å². The molecule has 0 aromatic heterocycles. The first-order valence-electron chi connectivity index (χ1n) is 9.66. The van der Waals surface area contributed by atoms with Crippen molar-refractivity contribution in [1.82, 2.24) is 10.2 Å². The monoisotopic (exact) mass is 430 g/mol. The minimum atomic E-state index is -0.306. The first-order valence-corrected chi connectivity index (χ1v) is 10.5. The molecule has 2 aromatic carbocycles. The Bertz CT molecular complexity index is 769. The van der Waals surface area contributed by atoms with Crippen molar-refractivity contribution in [3.05, 3.63) is 60.7 Å². The Balaban J connectivity index is 1.84. The van der Waals surface area contributed by atoms with Crippen LogP contribution < -0.4 is 16.0 Å². The largest absolute Gasteiger partial charge is 0.377 e. The van der Waals surface area contributed by atoms with E-state index in [0.29, 0.717) is 16.8 Å². The van der Waals surface area contributed by atoms with Gasteiger partial charge in [-0.2, -0.15) is 0 Å². The van der Waals surface area contributed by atoms with Gasteiger partial charge in [0.2, 0.25) is 0 Å². The molecule has 0 aliphatic heterocycles. The summed E-state index contributed by atoms with van der Waals surface area (Å²) in [6.07, 6.45) is 0.882. The molecule has 2 rings (SSSR count). The van der Waals surface area contributed by atoms with Crippen molar-refractivity contribution in [2.24, 2.45) is 0 Å². The van der Waals surface area contributed by atoms with Gasteiger partial charge in [-0.1, -0.05) is 36.4 Å². The van der Waals surface area contributed by atoms with Crippen molar-refractivity contribution >= 4 is 46.0 Å². The van der Waals surface area contributed by atoms with Crippen LogP contribution >= 0.6 is 24.4 Å². The van der Waals surface area contributed by atoms with Crippen LogP contribution in [0, 0.1) is 0 Å². The third-order valence-electron chi connectivity index (χ3n) is 4.36. The smallest absolute Gasteiger partial charge is 0.173 e. The van der Waals surface area contributed by atoms with E-state index in [9.17, 15) is 0 Å². The molecule has 0 saturated heterocycles. The van der Waals surface area contributed by atoms with Crippen LogP contribution in [-0.2, 0) is 4.74 Å². The summed E-state index contributed by atoms with van der Waals surface area (Å²) in [5.41, 5.74) is 1.64. The van der Waals surface area contributed by atoms with Gasteiger partial charge in [-0.3, -0.25) is 0 Å². The SMILES string of the molecule is COC(C)(C)CN(CCCNC(=S)Nc1ccccc1)C(=S)Nc1ccccc1. The Morgan fingerprint density at radius 1 is 0.931 bits per heavy atom. The van der Waals surface area contributed by atoms with Crippen LogP contribution in [-0.4, -0.2) is 47.5 Å². The molecule has 29 heavy (non-hydrogen) atoms. The number of hydrogen-bond acceptors (Lipinski definition) is 3. The molecule has 7 heteroatoms. The molecular formula is C22H30N4OS2. The number of benzene rings is 2. The molecule has 0 spiro atoms. The summed E-state index contributed by atoms with van der Waals surface area (Å²) in [6, 6.07) is 19.8. The summed E-state index contributed by atoms with van der Waals surface area (Å²) in [6.45, 7) is 6.34. The summed E-state index contributed by atoms with van der Waals surface area (Å²) in [4.78, 5) is 2.14. The second-order valence-electron chi connectivity index (χ2n) is 7.28. The fourth-order valence-electron chi connectivity index (χ4n) is 2.67. The van der Waals surface area contributed by atoms with E-state index in [2.05, 4.69) is 34.7 Å². The number of rotatable bonds is 9. The lowest BCUT2D eigenvalue weighted by molar-refractivity contribution is 0.00642. The molecule has 3 N–H and O–H groups in total. The Morgan fingerprint density at radius 2 is 1.48 bits per heavy atom. The maximum Gasteiger partial charge on any atom is 0.173 e. The number of hydrogen-bond donors (Lipinski definition) is 3. The van der Waals surface area contributed by atoms with Crippen molar-refractivity contribution in [3.63, 3.8) is 0 Å². The van der Waals surface area contributed by atoms with Gasteiger partial charge in [0.05, 0.1) is 5.60 Å². The zero-order valence-electron chi connectivity index (χ0n) is 17.3. The van der Waals surface area contributed by atoms with Gasteiger partial charge < -0.3 is 25.6 Å². The lowest BCUT2D eigenvalue weighted by atomic mass is 10.1. The van der Waals surface area contributed by atoms with Gasteiger partial charge in [-0.15, -0.1) is 0 Å². The summed E-state index contributed by atoms with van der Waals surface area (Å²) in [7, 11) is 1.72. The number of para-hydroxylation sites is 2. The number of anilines is 2. The lowest BCUT2D eigenvalue weighted by Gasteiger charge is -2.33. The highest BCUT2D eigenvalue weighted by atomic mass is 32.1. The van der Waals surface area contributed by atoms with Gasteiger partial charge in [0.1, 0.15) is 0 Å². The van der Waals surface area contributed by atoms with E-state index in [-0.39, 0.29) is 5.60 Å². The second kappa shape index (κ2) is 11.7. The molecule has 0 heterocycles. The molecule has 0 aliphatic carbocycles. The van der Waals surface area contributed by atoms with Crippen molar-refractivity contribution in [1.29, 1.82) is 0 Å². The molecule has 0 amide bonds. The highest BCUT2D eigenvalue weighted by molar-refractivity contribution is 7.80. The molecule has 0 fully saturated rings. The number of thiocarbonyl (C=S) groups is 2. The molecule has 0 radical (unpaired) electrons.